The summed E-state index contributed by atoms with van der Waals surface area (Å²) in [5, 5.41) is 3.85. The topological polar surface area (TPSA) is 52.7 Å². The van der Waals surface area contributed by atoms with Crippen LogP contribution in [0.25, 0.3) is 0 Å². The van der Waals surface area contributed by atoms with Crippen molar-refractivity contribution in [3.63, 3.8) is 0 Å². The number of hydrogen-bond acceptors (Lipinski definition) is 5. The van der Waals surface area contributed by atoms with Crippen LogP contribution in [0.2, 0.25) is 0 Å². The van der Waals surface area contributed by atoms with Crippen LogP contribution in [-0.4, -0.2) is 45.4 Å². The maximum Gasteiger partial charge on any atom is 0.416 e. The molecular weight excluding hydrogens is 466 g/mol. The maximum atomic E-state index is 13.8. The van der Waals surface area contributed by atoms with Crippen molar-refractivity contribution in [2.24, 2.45) is 0 Å². The van der Waals surface area contributed by atoms with Gasteiger partial charge >= 0.3 is 6.18 Å². The van der Waals surface area contributed by atoms with E-state index in [4.69, 9.17) is 0 Å². The third kappa shape index (κ3) is 4.27. The molecule has 0 radical (unpaired) electrons. The summed E-state index contributed by atoms with van der Waals surface area (Å²) in [5.41, 5.74) is -2.97. The molecule has 2 fully saturated rings. The predicted octanol–water partition coefficient (Wildman–Crippen LogP) is 4.41. The number of piperidine rings is 1. The van der Waals surface area contributed by atoms with Crippen molar-refractivity contribution >= 4 is 26.4 Å². The highest BCUT2D eigenvalue weighted by Gasteiger charge is 2.48. The molecule has 2 aliphatic heterocycles. The van der Waals surface area contributed by atoms with Crippen LogP contribution in [0.5, 0.6) is 0 Å². The minimum Gasteiger partial charge on any atom is -0.363 e. The second kappa shape index (κ2) is 8.58. The quantitative estimate of drug-likeness (QED) is 0.644. The summed E-state index contributed by atoms with van der Waals surface area (Å²) in [4.78, 5) is 2.14. The number of alkyl halides is 3. The summed E-state index contributed by atoms with van der Waals surface area (Å²) in [6.07, 6.45) is -1.59. The van der Waals surface area contributed by atoms with Gasteiger partial charge in [-0.05, 0) is 56.0 Å². The minimum atomic E-state index is -4.82. The number of rotatable bonds is 4. The first-order chi connectivity index (χ1) is 15.0. The second-order valence-corrected chi connectivity index (χ2v) is 11.5. The van der Waals surface area contributed by atoms with E-state index in [2.05, 4.69) is 10.2 Å². The van der Waals surface area contributed by atoms with Crippen LogP contribution < -0.4 is 10.2 Å². The van der Waals surface area contributed by atoms with E-state index in [0.717, 1.165) is 65.1 Å². The molecule has 11 heteroatoms. The monoisotopic (exact) mass is 491 g/mol. The Balaban J connectivity index is 1.75. The Bertz CT molecular complexity index is 1080. The smallest absolute Gasteiger partial charge is 0.363 e. The molecule has 2 aromatic rings. The molecule has 5 nitrogen and oxygen atoms in total. The molecule has 0 saturated carbocycles. The molecule has 0 unspecified atom stereocenters. The van der Waals surface area contributed by atoms with Crippen molar-refractivity contribution < 1.29 is 26.0 Å². The molecular formula is C21H25F4N3O2S2. The van der Waals surface area contributed by atoms with E-state index in [1.54, 1.807) is 6.07 Å². The van der Waals surface area contributed by atoms with Crippen molar-refractivity contribution in [1.82, 2.24) is 9.62 Å². The van der Waals surface area contributed by atoms with E-state index in [9.17, 15) is 26.0 Å². The number of halogens is 4. The van der Waals surface area contributed by atoms with E-state index in [0.29, 0.717) is 12.6 Å². The Hall–Kier alpha value is -1.69. The van der Waals surface area contributed by atoms with Gasteiger partial charge < -0.3 is 10.2 Å². The lowest BCUT2D eigenvalue weighted by Gasteiger charge is -2.45. The highest BCUT2D eigenvalue weighted by molar-refractivity contribution is 7.91. The molecule has 3 heterocycles. The zero-order valence-corrected chi connectivity index (χ0v) is 19.2. The number of nitrogens with zero attached hydrogens (tertiary/aromatic N) is 2. The normalized spacial score (nSPS) is 23.5. The van der Waals surface area contributed by atoms with Gasteiger partial charge in [0, 0.05) is 32.7 Å². The molecule has 0 bridgehead atoms. The zero-order chi connectivity index (χ0) is 23.1. The van der Waals surface area contributed by atoms with E-state index >= 15 is 0 Å². The van der Waals surface area contributed by atoms with Gasteiger partial charge in [-0.25, -0.2) is 12.8 Å². The largest absolute Gasteiger partial charge is 0.416 e. The Kier molecular flexibility index (Phi) is 6.30. The Morgan fingerprint density at radius 2 is 1.78 bits per heavy atom. The number of thiophene rings is 1. The SMILES string of the molecule is C[C@@]1(c2ccc(F)cc2C(F)(F)F)CNCCN1S(=O)(=O)c1ccc(N2CCCCC2)s1. The van der Waals surface area contributed by atoms with Gasteiger partial charge in [0.05, 0.1) is 16.1 Å². The molecule has 0 spiro atoms. The third-order valence-corrected chi connectivity index (χ3v) is 9.79. The summed E-state index contributed by atoms with van der Waals surface area (Å²) in [5.74, 6) is -1.02. The summed E-state index contributed by atoms with van der Waals surface area (Å²) in [6.45, 7) is 3.46. The lowest BCUT2D eigenvalue weighted by Crippen LogP contribution is -2.59. The van der Waals surface area contributed by atoms with Crippen molar-refractivity contribution in [2.75, 3.05) is 37.6 Å². The van der Waals surface area contributed by atoms with Crippen LogP contribution in [0, 0.1) is 5.82 Å². The third-order valence-electron chi connectivity index (χ3n) is 6.16. The van der Waals surface area contributed by atoms with Crippen LogP contribution in [0.4, 0.5) is 22.6 Å². The van der Waals surface area contributed by atoms with E-state index in [1.165, 1.54) is 13.0 Å². The standard InChI is InChI=1S/C21H25F4N3O2S2/c1-20(16-6-5-15(22)13-17(16)21(23,24)25)14-26-9-12-28(20)32(29,30)19-8-7-18(31-19)27-10-3-2-4-11-27/h5-8,13,26H,2-4,9-12,14H2,1H3/t20-/m0/s1. The Morgan fingerprint density at radius 3 is 2.47 bits per heavy atom. The van der Waals surface area contributed by atoms with Crippen LogP contribution >= 0.6 is 11.3 Å². The fourth-order valence-corrected chi connectivity index (χ4v) is 7.74. The highest BCUT2D eigenvalue weighted by atomic mass is 32.2. The molecule has 0 amide bonds. The number of anilines is 1. The molecule has 1 aromatic heterocycles. The summed E-state index contributed by atoms with van der Waals surface area (Å²) in [6, 6.07) is 5.71. The van der Waals surface area contributed by atoms with Crippen molar-refractivity contribution in [2.45, 2.75) is 42.1 Å². The van der Waals surface area contributed by atoms with Gasteiger partial charge in [-0.2, -0.15) is 17.5 Å². The van der Waals surface area contributed by atoms with Gasteiger partial charge in [0.15, 0.2) is 0 Å². The van der Waals surface area contributed by atoms with Gasteiger partial charge in [0.2, 0.25) is 0 Å². The van der Waals surface area contributed by atoms with E-state index < -0.39 is 33.1 Å². The average molecular weight is 492 g/mol. The van der Waals surface area contributed by atoms with Crippen LogP contribution in [0.15, 0.2) is 34.5 Å². The second-order valence-electron chi connectivity index (χ2n) is 8.36. The predicted molar refractivity (Wildman–Crippen MR) is 116 cm³/mol. The Morgan fingerprint density at radius 1 is 1.06 bits per heavy atom. The lowest BCUT2D eigenvalue weighted by atomic mass is 9.86. The van der Waals surface area contributed by atoms with Gasteiger partial charge in [-0.3, -0.25) is 0 Å². The van der Waals surface area contributed by atoms with Crippen molar-refractivity contribution in [1.29, 1.82) is 0 Å². The maximum absolute atomic E-state index is 13.8. The fourth-order valence-electron chi connectivity index (χ4n) is 4.52. The highest BCUT2D eigenvalue weighted by Crippen LogP contribution is 2.43. The van der Waals surface area contributed by atoms with Crippen molar-refractivity contribution in [3.8, 4) is 0 Å². The summed E-state index contributed by atoms with van der Waals surface area (Å²) in [7, 11) is -4.08. The average Bonchev–Trinajstić information content (AvgIpc) is 3.25. The number of sulfonamides is 1. The molecule has 2 aliphatic rings. The zero-order valence-electron chi connectivity index (χ0n) is 17.6. The van der Waals surface area contributed by atoms with Gasteiger partial charge in [0.25, 0.3) is 10.0 Å². The van der Waals surface area contributed by atoms with Gasteiger partial charge in [0.1, 0.15) is 10.0 Å². The van der Waals surface area contributed by atoms with Gasteiger partial charge in [-0.15, -0.1) is 11.3 Å². The first-order valence-electron chi connectivity index (χ1n) is 10.5. The number of benzene rings is 1. The van der Waals surface area contributed by atoms with E-state index in [1.807, 2.05) is 0 Å². The first-order valence-corrected chi connectivity index (χ1v) is 12.7. The fraction of sp³-hybridized carbons (Fsp3) is 0.524. The molecule has 32 heavy (non-hydrogen) atoms. The summed E-state index contributed by atoms with van der Waals surface area (Å²) < 4.78 is 83.4. The van der Waals surface area contributed by atoms with Crippen LogP contribution in [0.3, 0.4) is 0 Å². The minimum absolute atomic E-state index is 0.00442. The number of hydrogen-bond donors (Lipinski definition) is 1. The van der Waals surface area contributed by atoms with Crippen LogP contribution in [-0.2, 0) is 21.7 Å². The van der Waals surface area contributed by atoms with Gasteiger partial charge in [-0.1, -0.05) is 6.07 Å². The molecule has 1 aromatic carbocycles. The lowest BCUT2D eigenvalue weighted by molar-refractivity contribution is -0.139. The molecule has 1 atom stereocenters. The summed E-state index contributed by atoms with van der Waals surface area (Å²) >= 11 is 1.14. The van der Waals surface area contributed by atoms with E-state index in [-0.39, 0.29) is 22.9 Å². The molecule has 4 rings (SSSR count). The Labute approximate surface area is 189 Å². The number of nitrogens with one attached hydrogen (secondary N) is 1. The molecule has 0 aliphatic carbocycles. The number of piperazine rings is 1. The van der Waals surface area contributed by atoms with Crippen molar-refractivity contribution in [3.05, 3.63) is 47.3 Å². The van der Waals surface area contributed by atoms with Crippen LogP contribution in [0.1, 0.15) is 37.3 Å². The molecule has 1 N–H and O–H groups in total. The molecule has 2 saturated heterocycles. The first kappa shape index (κ1) is 23.5. The molecule has 176 valence electrons.